The smallest absolute Gasteiger partial charge is 0.131 e. The Morgan fingerprint density at radius 3 is 2.44 bits per heavy atom. The van der Waals surface area contributed by atoms with Gasteiger partial charge in [0.1, 0.15) is 17.4 Å². The summed E-state index contributed by atoms with van der Waals surface area (Å²) in [5.74, 6) is -0.942. The highest BCUT2D eigenvalue weighted by molar-refractivity contribution is 5.66. The highest BCUT2D eigenvalue weighted by atomic mass is 19.1. The summed E-state index contributed by atoms with van der Waals surface area (Å²) in [5, 5.41) is 9.51. The summed E-state index contributed by atoms with van der Waals surface area (Å²) >= 11 is 0. The number of hydrogen-bond acceptors (Lipinski definition) is 1. The van der Waals surface area contributed by atoms with E-state index in [2.05, 4.69) is 0 Å². The summed E-state index contributed by atoms with van der Waals surface area (Å²) in [5.41, 5.74) is 1.30. The van der Waals surface area contributed by atoms with Crippen molar-refractivity contribution in [3.63, 3.8) is 0 Å². The molecule has 1 nitrogen and oxygen atoms in total. The molecule has 16 heavy (non-hydrogen) atoms. The Morgan fingerprint density at radius 1 is 1.00 bits per heavy atom. The van der Waals surface area contributed by atoms with E-state index >= 15 is 0 Å². The molecule has 0 saturated carbocycles. The van der Waals surface area contributed by atoms with Crippen molar-refractivity contribution in [2.75, 3.05) is 0 Å². The van der Waals surface area contributed by atoms with E-state index in [0.29, 0.717) is 11.1 Å². The van der Waals surface area contributed by atoms with Gasteiger partial charge in [-0.3, -0.25) is 0 Å². The van der Waals surface area contributed by atoms with Crippen LogP contribution in [0.25, 0.3) is 11.1 Å². The molecule has 0 spiro atoms. The van der Waals surface area contributed by atoms with Crippen molar-refractivity contribution < 1.29 is 13.9 Å². The third-order valence-electron chi connectivity index (χ3n) is 2.45. The van der Waals surface area contributed by atoms with Crippen molar-refractivity contribution in [2.24, 2.45) is 0 Å². The van der Waals surface area contributed by atoms with Crippen LogP contribution in [0, 0.1) is 18.6 Å². The molecule has 0 saturated heterocycles. The van der Waals surface area contributed by atoms with Gasteiger partial charge in [0.2, 0.25) is 0 Å². The van der Waals surface area contributed by atoms with Gasteiger partial charge in [-0.05, 0) is 42.3 Å². The number of rotatable bonds is 1. The highest BCUT2D eigenvalue weighted by Gasteiger charge is 2.07. The van der Waals surface area contributed by atoms with E-state index in [-0.39, 0.29) is 11.3 Å². The minimum absolute atomic E-state index is 0.0705. The summed E-state index contributed by atoms with van der Waals surface area (Å²) in [6.45, 7) is 1.74. The van der Waals surface area contributed by atoms with Crippen LogP contribution in [0.2, 0.25) is 0 Å². The Balaban J connectivity index is 2.58. The van der Waals surface area contributed by atoms with Crippen LogP contribution in [0.1, 0.15) is 5.56 Å². The van der Waals surface area contributed by atoms with Gasteiger partial charge in [0.15, 0.2) is 0 Å². The van der Waals surface area contributed by atoms with E-state index in [9.17, 15) is 13.9 Å². The fourth-order valence-electron chi connectivity index (χ4n) is 1.50. The Labute approximate surface area is 92.0 Å². The first-order chi connectivity index (χ1) is 7.58. The quantitative estimate of drug-likeness (QED) is 0.777. The molecule has 0 atom stereocenters. The lowest BCUT2D eigenvalue weighted by Crippen LogP contribution is -1.87. The summed E-state index contributed by atoms with van der Waals surface area (Å²) in [4.78, 5) is 0. The fraction of sp³-hybridized carbons (Fsp3) is 0.0769. The average molecular weight is 220 g/mol. The van der Waals surface area contributed by atoms with Crippen molar-refractivity contribution in [1.82, 2.24) is 0 Å². The number of aryl methyl sites for hydroxylation is 1. The van der Waals surface area contributed by atoms with Gasteiger partial charge in [0.05, 0.1) is 0 Å². The van der Waals surface area contributed by atoms with Crippen molar-refractivity contribution in [2.45, 2.75) is 6.92 Å². The number of hydrogen-bond donors (Lipinski definition) is 1. The summed E-state index contributed by atoms with van der Waals surface area (Å²) in [7, 11) is 0. The number of benzene rings is 2. The van der Waals surface area contributed by atoms with Gasteiger partial charge in [0.25, 0.3) is 0 Å². The first kappa shape index (κ1) is 10.6. The van der Waals surface area contributed by atoms with Crippen LogP contribution in [-0.2, 0) is 0 Å². The molecule has 0 heterocycles. The van der Waals surface area contributed by atoms with Gasteiger partial charge >= 0.3 is 0 Å². The molecule has 2 aromatic rings. The molecule has 82 valence electrons. The van der Waals surface area contributed by atoms with Crippen LogP contribution in [-0.4, -0.2) is 5.11 Å². The minimum atomic E-state index is -0.510. The standard InChI is InChI=1S/C13H10F2O/c1-8-2-3-9(6-13(8)16)11-7-10(14)4-5-12(11)15/h2-7,16H,1H3. The third-order valence-corrected chi connectivity index (χ3v) is 2.45. The number of phenols is 1. The Hall–Kier alpha value is -1.90. The maximum Gasteiger partial charge on any atom is 0.131 e. The molecule has 0 amide bonds. The molecular formula is C13H10F2O. The first-order valence-corrected chi connectivity index (χ1v) is 4.83. The van der Waals surface area contributed by atoms with E-state index in [1.165, 1.54) is 6.07 Å². The number of aromatic hydroxyl groups is 1. The van der Waals surface area contributed by atoms with Crippen molar-refractivity contribution in [1.29, 1.82) is 0 Å². The van der Waals surface area contributed by atoms with Gasteiger partial charge in [-0.25, -0.2) is 8.78 Å². The molecule has 0 bridgehead atoms. The molecule has 0 fully saturated rings. The van der Waals surface area contributed by atoms with E-state index in [1.807, 2.05) is 0 Å². The molecule has 2 aromatic carbocycles. The maximum atomic E-state index is 13.4. The molecule has 3 heteroatoms. The second-order valence-corrected chi connectivity index (χ2v) is 3.63. The molecule has 0 aliphatic heterocycles. The van der Waals surface area contributed by atoms with Crippen LogP contribution in [0.5, 0.6) is 5.75 Å². The molecule has 0 aliphatic carbocycles. The molecule has 0 aliphatic rings. The largest absolute Gasteiger partial charge is 0.508 e. The maximum absolute atomic E-state index is 13.4. The summed E-state index contributed by atoms with van der Waals surface area (Å²) < 4.78 is 26.4. The molecule has 0 radical (unpaired) electrons. The fourth-order valence-corrected chi connectivity index (χ4v) is 1.50. The van der Waals surface area contributed by atoms with E-state index in [4.69, 9.17) is 0 Å². The summed E-state index contributed by atoms with van der Waals surface area (Å²) in [6, 6.07) is 7.98. The molecule has 2 rings (SSSR count). The molecule has 1 N–H and O–H groups in total. The molecule has 0 unspecified atom stereocenters. The van der Waals surface area contributed by atoms with Gasteiger partial charge in [0, 0.05) is 5.56 Å². The van der Waals surface area contributed by atoms with E-state index < -0.39 is 11.6 Å². The first-order valence-electron chi connectivity index (χ1n) is 4.83. The topological polar surface area (TPSA) is 20.2 Å². The Bertz CT molecular complexity index is 535. The zero-order valence-electron chi connectivity index (χ0n) is 8.67. The van der Waals surface area contributed by atoms with Gasteiger partial charge in [-0.1, -0.05) is 12.1 Å². The monoisotopic (exact) mass is 220 g/mol. The zero-order chi connectivity index (χ0) is 11.7. The summed E-state index contributed by atoms with van der Waals surface area (Å²) in [6.07, 6.45) is 0. The SMILES string of the molecule is Cc1ccc(-c2cc(F)ccc2F)cc1O. The minimum Gasteiger partial charge on any atom is -0.508 e. The lowest BCUT2D eigenvalue weighted by Gasteiger charge is -2.06. The Kier molecular flexibility index (Phi) is 2.60. The third kappa shape index (κ3) is 1.89. The van der Waals surface area contributed by atoms with E-state index in [0.717, 1.165) is 18.2 Å². The van der Waals surface area contributed by atoms with Crippen LogP contribution in [0.15, 0.2) is 36.4 Å². The number of halogens is 2. The van der Waals surface area contributed by atoms with Crippen LogP contribution in [0.3, 0.4) is 0 Å². The Morgan fingerprint density at radius 2 is 1.75 bits per heavy atom. The predicted octanol–water partition coefficient (Wildman–Crippen LogP) is 3.65. The zero-order valence-corrected chi connectivity index (χ0v) is 8.67. The number of phenolic OH excluding ortho intramolecular Hbond substituents is 1. The lowest BCUT2D eigenvalue weighted by atomic mass is 10.0. The van der Waals surface area contributed by atoms with Crippen LogP contribution < -0.4 is 0 Å². The van der Waals surface area contributed by atoms with Gasteiger partial charge in [-0.2, -0.15) is 0 Å². The van der Waals surface area contributed by atoms with E-state index in [1.54, 1.807) is 19.1 Å². The van der Waals surface area contributed by atoms with Crippen molar-refractivity contribution in [3.05, 3.63) is 53.6 Å². The van der Waals surface area contributed by atoms with Gasteiger partial charge in [-0.15, -0.1) is 0 Å². The predicted molar refractivity (Wildman–Crippen MR) is 58.2 cm³/mol. The normalized spacial score (nSPS) is 10.4. The second kappa shape index (κ2) is 3.93. The van der Waals surface area contributed by atoms with Crippen LogP contribution >= 0.6 is 0 Å². The van der Waals surface area contributed by atoms with Gasteiger partial charge < -0.3 is 5.11 Å². The lowest BCUT2D eigenvalue weighted by molar-refractivity contribution is 0.471. The highest BCUT2D eigenvalue weighted by Crippen LogP contribution is 2.28. The van der Waals surface area contributed by atoms with Crippen molar-refractivity contribution >= 4 is 0 Å². The average Bonchev–Trinajstić information content (AvgIpc) is 2.26. The van der Waals surface area contributed by atoms with Crippen molar-refractivity contribution in [3.8, 4) is 16.9 Å². The molecule has 0 aromatic heterocycles. The van der Waals surface area contributed by atoms with Crippen LogP contribution in [0.4, 0.5) is 8.78 Å². The second-order valence-electron chi connectivity index (χ2n) is 3.63. The molecular weight excluding hydrogens is 210 g/mol.